The smallest absolute Gasteiger partial charge is 0.153 e. The first-order chi connectivity index (χ1) is 4.81. The van der Waals surface area contributed by atoms with Crippen LogP contribution in [0.4, 0.5) is 0 Å². The van der Waals surface area contributed by atoms with Crippen LogP contribution in [0.2, 0.25) is 7.86 Å². The Morgan fingerprint density at radius 3 is 2.18 bits per heavy atom. The van der Waals surface area contributed by atoms with E-state index in [9.17, 15) is 0 Å². The molecule has 0 saturated heterocycles. The quantitative estimate of drug-likeness (QED) is 0.365. The Labute approximate surface area is 86.8 Å². The molecule has 0 heterocycles. The van der Waals surface area contributed by atoms with Gasteiger partial charge in [-0.25, -0.2) is 0 Å². The largest absolute Gasteiger partial charge is 0.153 e. The predicted molar refractivity (Wildman–Crippen MR) is 56.4 cm³/mol. The first-order valence-corrected chi connectivity index (χ1v) is 19.2. The Morgan fingerprint density at radius 2 is 1.73 bits per heavy atom. The van der Waals surface area contributed by atoms with E-state index in [-0.39, 0.29) is 9.90 Å². The minimum absolute atomic E-state index is 0. The summed E-state index contributed by atoms with van der Waals surface area (Å²) in [6, 6.07) is 0. The van der Waals surface area contributed by atoms with Gasteiger partial charge in [0.1, 0.15) is 0 Å². The third kappa shape index (κ3) is 11.7. The fourth-order valence-electron chi connectivity index (χ4n) is 1.12. The summed E-state index contributed by atoms with van der Waals surface area (Å²) in [6.45, 7) is 4.51. The molecule has 0 rings (SSSR count). The summed E-state index contributed by atoms with van der Waals surface area (Å²) >= 11 is -1.54. The molecule has 0 bridgehead atoms. The molecule has 0 spiro atoms. The topological polar surface area (TPSA) is 0 Å². The van der Waals surface area contributed by atoms with E-state index in [2.05, 4.69) is 13.8 Å². The molecule has 0 radical (unpaired) electrons. The van der Waals surface area contributed by atoms with Crippen LogP contribution in [0.1, 0.15) is 39.5 Å². The van der Waals surface area contributed by atoms with Crippen LogP contribution in [0.15, 0.2) is 0 Å². The van der Waals surface area contributed by atoms with E-state index >= 15 is 0 Å². The first kappa shape index (κ1) is 15.1. The van der Waals surface area contributed by atoms with Crippen LogP contribution in [0.5, 0.6) is 0 Å². The molecule has 0 nitrogen and oxygen atoms in total. The van der Waals surface area contributed by atoms with Crippen LogP contribution >= 0.6 is 18.1 Å². The Morgan fingerprint density at radius 1 is 1.09 bits per heavy atom. The van der Waals surface area contributed by atoms with Crippen LogP contribution in [0.3, 0.4) is 0 Å². The molecule has 3 heteroatoms. The van der Waals surface area contributed by atoms with E-state index in [0.29, 0.717) is 0 Å². The molecular weight excluding hydrogens is 363 g/mol. The van der Waals surface area contributed by atoms with E-state index in [4.69, 9.17) is 8.25 Å². The van der Waals surface area contributed by atoms with E-state index in [1.807, 2.05) is 0 Å². The Balaban J connectivity index is 0. The molecule has 1 atom stereocenters. The minimum atomic E-state index is -1.54. The predicted octanol–water partition coefficient (Wildman–Crippen LogP) is 4.25. The van der Waals surface area contributed by atoms with Crippen molar-refractivity contribution in [2.75, 3.05) is 0 Å². The number of rotatable bonds is 6. The third-order valence-corrected chi connectivity index (χ3v) is 16.8. The van der Waals surface area contributed by atoms with Gasteiger partial charge in [-0.3, -0.25) is 0 Å². The molecule has 0 fully saturated rings. The molecule has 0 N–H and O–H groups in total. The van der Waals surface area contributed by atoms with Gasteiger partial charge >= 0.3 is 77.4 Å². The maximum absolute atomic E-state index is 6.18. The van der Waals surface area contributed by atoms with Gasteiger partial charge in [0.2, 0.25) is 0 Å². The van der Waals surface area contributed by atoms with Crippen LogP contribution in [-0.2, 0) is 21.8 Å². The van der Waals surface area contributed by atoms with Crippen LogP contribution < -0.4 is 0 Å². The molecule has 11 heavy (non-hydrogen) atoms. The molecule has 0 aromatic heterocycles. The van der Waals surface area contributed by atoms with E-state index in [1.54, 1.807) is 0 Å². The standard InChI is InChI=1S/C6H13.C2H5.ClH.Hg.H3P/c1-3-5-6-4-2;1-2;;;/h1,3-6H2,2H3;1H2,2H3;1H;;1H3/q;;;+1;/p-1. The maximum atomic E-state index is 6.18. The van der Waals surface area contributed by atoms with Crippen molar-refractivity contribution in [3.8, 4) is 0 Å². The van der Waals surface area contributed by atoms with Crippen molar-refractivity contribution >= 4 is 18.1 Å². The second-order valence-electron chi connectivity index (χ2n) is 3.15. The molecular formula is C8H21ClHgP. The molecule has 67 valence electrons. The van der Waals surface area contributed by atoms with Crippen molar-refractivity contribution in [3.05, 3.63) is 0 Å². The first-order valence-electron chi connectivity index (χ1n) is 4.68. The summed E-state index contributed by atoms with van der Waals surface area (Å²) < 4.78 is 2.79. The molecule has 0 amide bonds. The molecule has 1 unspecified atom stereocenters. The van der Waals surface area contributed by atoms with E-state index < -0.39 is 21.8 Å². The van der Waals surface area contributed by atoms with Gasteiger partial charge in [-0.05, 0) is 0 Å². The van der Waals surface area contributed by atoms with Gasteiger partial charge < -0.3 is 0 Å². The Kier molecular flexibility index (Phi) is 16.0. The Bertz CT molecular complexity index is 71.1. The average Bonchev–Trinajstić information content (AvgIpc) is 1.98. The Hall–Kier alpha value is 1.66. The van der Waals surface area contributed by atoms with Gasteiger partial charge in [-0.15, -0.1) is 0 Å². The monoisotopic (exact) mass is 385 g/mol. The second kappa shape index (κ2) is 11.7. The van der Waals surface area contributed by atoms with Gasteiger partial charge in [0.05, 0.1) is 0 Å². The molecule has 0 aliphatic rings. The van der Waals surface area contributed by atoms with Crippen molar-refractivity contribution in [2.45, 2.75) is 47.4 Å². The number of halogens is 1. The fraction of sp³-hybridized carbons (Fsp3) is 1.00. The fourth-order valence-corrected chi connectivity index (χ4v) is 8.21. The van der Waals surface area contributed by atoms with Gasteiger partial charge in [0, 0.05) is 0 Å². The number of hydrogen-bond acceptors (Lipinski definition) is 0. The normalized spacial score (nSPS) is 9.00. The molecule has 0 aromatic rings. The van der Waals surface area contributed by atoms with Crippen LogP contribution in [0.25, 0.3) is 0 Å². The summed E-state index contributed by atoms with van der Waals surface area (Å²) in [7, 11) is 6.18. The van der Waals surface area contributed by atoms with Gasteiger partial charge in [-0.1, -0.05) is 0 Å². The molecule has 0 aliphatic carbocycles. The van der Waals surface area contributed by atoms with Crippen LogP contribution in [0, 0.1) is 0 Å². The molecule has 0 aliphatic heterocycles. The summed E-state index contributed by atoms with van der Waals surface area (Å²) in [5.41, 5.74) is 0. The van der Waals surface area contributed by atoms with Crippen molar-refractivity contribution in [3.63, 3.8) is 0 Å². The third-order valence-electron chi connectivity index (χ3n) is 2.03. The zero-order chi connectivity index (χ0) is 7.82. The van der Waals surface area contributed by atoms with Crippen molar-refractivity contribution < 1.29 is 21.8 Å². The summed E-state index contributed by atoms with van der Waals surface area (Å²) in [4.78, 5) is 0. The molecule has 0 aromatic carbocycles. The minimum Gasteiger partial charge on any atom is -0.153 e. The zero-order valence-corrected chi connectivity index (χ0v) is 15.7. The summed E-state index contributed by atoms with van der Waals surface area (Å²) in [6.07, 6.45) is 5.59. The van der Waals surface area contributed by atoms with Crippen molar-refractivity contribution in [1.82, 2.24) is 0 Å². The molecule has 0 saturated carbocycles. The zero-order valence-electron chi connectivity index (χ0n) is 8.03. The van der Waals surface area contributed by atoms with E-state index in [0.717, 1.165) is 0 Å². The average molecular weight is 384 g/mol. The van der Waals surface area contributed by atoms with Crippen LogP contribution in [-0.4, -0.2) is 0 Å². The maximum Gasteiger partial charge on any atom is -0.153 e. The SMILES string of the molecule is CCCCC[CH2][Hg]([Cl])[CH2]C.P. The number of hydrogen-bond donors (Lipinski definition) is 0. The summed E-state index contributed by atoms with van der Waals surface area (Å²) in [5.74, 6) is 0. The second-order valence-corrected chi connectivity index (χ2v) is 22.1. The number of unbranched alkanes of at least 4 members (excludes halogenated alkanes) is 3. The van der Waals surface area contributed by atoms with Gasteiger partial charge in [0.15, 0.2) is 0 Å². The van der Waals surface area contributed by atoms with Crippen molar-refractivity contribution in [1.29, 1.82) is 0 Å². The summed E-state index contributed by atoms with van der Waals surface area (Å²) in [5, 5.41) is 0. The van der Waals surface area contributed by atoms with Gasteiger partial charge in [0.25, 0.3) is 0 Å². The van der Waals surface area contributed by atoms with Gasteiger partial charge in [-0.2, -0.15) is 9.90 Å². The van der Waals surface area contributed by atoms with E-state index in [1.165, 1.54) is 33.5 Å². The van der Waals surface area contributed by atoms with Crippen molar-refractivity contribution in [2.24, 2.45) is 0 Å².